The van der Waals surface area contributed by atoms with Gasteiger partial charge in [0.15, 0.2) is 0 Å². The summed E-state index contributed by atoms with van der Waals surface area (Å²) < 4.78 is 16.7. The molecule has 204 valence electrons. The van der Waals surface area contributed by atoms with Crippen molar-refractivity contribution in [1.29, 1.82) is 0 Å². The average molecular weight is 503 g/mol. The molecule has 1 aliphatic rings. The number of amides is 3. The van der Waals surface area contributed by atoms with Crippen molar-refractivity contribution in [3.63, 3.8) is 0 Å². The van der Waals surface area contributed by atoms with Gasteiger partial charge in [-0.3, -0.25) is 4.90 Å². The van der Waals surface area contributed by atoms with Crippen molar-refractivity contribution in [2.24, 2.45) is 0 Å². The average Bonchev–Trinajstić information content (AvgIpc) is 2.64. The molecule has 0 unspecified atom stereocenters. The molecule has 1 fully saturated rings. The minimum Gasteiger partial charge on any atom is -0.444 e. The van der Waals surface area contributed by atoms with Gasteiger partial charge in [0, 0.05) is 52.4 Å². The van der Waals surface area contributed by atoms with Crippen LogP contribution in [0.5, 0.6) is 0 Å². The van der Waals surface area contributed by atoms with Crippen LogP contribution in [0.4, 0.5) is 14.4 Å². The van der Waals surface area contributed by atoms with Crippen LogP contribution >= 0.6 is 0 Å². The van der Waals surface area contributed by atoms with Gasteiger partial charge in [-0.25, -0.2) is 14.4 Å². The van der Waals surface area contributed by atoms with Gasteiger partial charge in [0.25, 0.3) is 0 Å². The second-order valence-electron chi connectivity index (χ2n) is 11.7. The van der Waals surface area contributed by atoms with E-state index in [2.05, 4.69) is 0 Å². The Morgan fingerprint density at radius 2 is 0.771 bits per heavy atom. The van der Waals surface area contributed by atoms with Gasteiger partial charge in [0.05, 0.1) is 6.73 Å². The van der Waals surface area contributed by atoms with E-state index < -0.39 is 35.1 Å². The minimum absolute atomic E-state index is 0.190. The molecule has 0 radical (unpaired) electrons. The minimum atomic E-state index is -0.696. The topological polar surface area (TPSA) is 112 Å². The fourth-order valence-electron chi connectivity index (χ4n) is 3.12. The van der Waals surface area contributed by atoms with Crippen molar-refractivity contribution in [2.45, 2.75) is 79.1 Å². The third-order valence-electron chi connectivity index (χ3n) is 4.81. The number of aliphatic hydroxyl groups is 1. The van der Waals surface area contributed by atoms with Crippen LogP contribution in [-0.2, 0) is 14.2 Å². The van der Waals surface area contributed by atoms with Gasteiger partial charge >= 0.3 is 18.3 Å². The summed E-state index contributed by atoms with van der Waals surface area (Å²) in [7, 11) is 0. The number of nitrogens with zero attached hydrogens (tertiary/aromatic N) is 4. The Balaban J connectivity index is 3.15. The summed E-state index contributed by atoms with van der Waals surface area (Å²) in [6.45, 7) is 18.0. The monoisotopic (exact) mass is 502 g/mol. The first-order valence-corrected chi connectivity index (χ1v) is 12.2. The van der Waals surface area contributed by atoms with Gasteiger partial charge in [-0.15, -0.1) is 0 Å². The summed E-state index contributed by atoms with van der Waals surface area (Å²) in [5.41, 5.74) is -2.04. The van der Waals surface area contributed by atoms with Gasteiger partial charge in [-0.05, 0) is 62.3 Å². The van der Waals surface area contributed by atoms with E-state index in [1.165, 1.54) is 14.7 Å². The van der Waals surface area contributed by atoms with Gasteiger partial charge in [0.2, 0.25) is 0 Å². The molecule has 0 spiro atoms. The molecule has 1 rings (SSSR count). The number of aliphatic hydroxyl groups excluding tert-OH is 1. The molecule has 0 bridgehead atoms. The first-order valence-electron chi connectivity index (χ1n) is 12.2. The molecule has 0 atom stereocenters. The highest BCUT2D eigenvalue weighted by Gasteiger charge is 2.29. The van der Waals surface area contributed by atoms with E-state index in [4.69, 9.17) is 14.2 Å². The summed E-state index contributed by atoms with van der Waals surface area (Å²) >= 11 is 0. The van der Waals surface area contributed by atoms with E-state index >= 15 is 0 Å². The highest BCUT2D eigenvalue weighted by molar-refractivity contribution is 5.70. The Kier molecular flexibility index (Phi) is 11.1. The lowest BCUT2D eigenvalue weighted by atomic mass is 10.2. The largest absolute Gasteiger partial charge is 0.444 e. The zero-order chi connectivity index (χ0) is 27.0. The lowest BCUT2D eigenvalue weighted by Crippen LogP contribution is -2.51. The summed E-state index contributed by atoms with van der Waals surface area (Å²) in [4.78, 5) is 44.9. The van der Waals surface area contributed by atoms with Gasteiger partial charge in [0.1, 0.15) is 16.8 Å². The van der Waals surface area contributed by atoms with Crippen LogP contribution < -0.4 is 0 Å². The van der Waals surface area contributed by atoms with Crippen molar-refractivity contribution in [1.82, 2.24) is 19.6 Å². The number of hydrogen-bond donors (Lipinski definition) is 1. The van der Waals surface area contributed by atoms with E-state index in [0.717, 1.165) is 0 Å². The molecule has 1 heterocycles. The van der Waals surface area contributed by atoms with Crippen molar-refractivity contribution < 1.29 is 33.7 Å². The molecule has 0 aliphatic carbocycles. The van der Waals surface area contributed by atoms with Crippen molar-refractivity contribution in [3.05, 3.63) is 0 Å². The molecule has 0 saturated carbocycles. The highest BCUT2D eigenvalue weighted by atomic mass is 16.6. The van der Waals surface area contributed by atoms with Crippen LogP contribution in [0.15, 0.2) is 0 Å². The Labute approximate surface area is 210 Å². The van der Waals surface area contributed by atoms with Crippen LogP contribution in [0.25, 0.3) is 0 Å². The normalized spacial score (nSPS) is 17.8. The molecule has 0 aromatic rings. The zero-order valence-corrected chi connectivity index (χ0v) is 23.0. The van der Waals surface area contributed by atoms with E-state index in [1.54, 1.807) is 67.2 Å². The van der Waals surface area contributed by atoms with Crippen molar-refractivity contribution in [2.75, 3.05) is 59.1 Å². The second kappa shape index (κ2) is 12.6. The lowest BCUT2D eigenvalue weighted by Gasteiger charge is -2.35. The number of carbonyl (C=O) groups excluding carboxylic acids is 3. The van der Waals surface area contributed by atoms with Crippen molar-refractivity contribution in [3.8, 4) is 0 Å². The number of carbonyl (C=O) groups is 3. The highest BCUT2D eigenvalue weighted by Crippen LogP contribution is 2.14. The quantitative estimate of drug-likeness (QED) is 0.545. The van der Waals surface area contributed by atoms with E-state index in [-0.39, 0.29) is 46.0 Å². The molecule has 1 N–H and O–H groups in total. The second-order valence-corrected chi connectivity index (χ2v) is 11.7. The van der Waals surface area contributed by atoms with Gasteiger partial charge in [-0.2, -0.15) is 0 Å². The summed E-state index contributed by atoms with van der Waals surface area (Å²) in [5.74, 6) is 0. The van der Waals surface area contributed by atoms with Crippen LogP contribution in [0.3, 0.4) is 0 Å². The lowest BCUT2D eigenvalue weighted by molar-refractivity contribution is 0.00122. The SMILES string of the molecule is CC(C)(C)OC(=O)N1CCN(CO)CCN(C(=O)OC(C)(C)C)CCN(C(=O)OC(C)(C)C)CC1. The van der Waals surface area contributed by atoms with Crippen LogP contribution in [0.1, 0.15) is 62.3 Å². The van der Waals surface area contributed by atoms with Crippen LogP contribution in [-0.4, -0.2) is 119 Å². The fraction of sp³-hybridized carbons (Fsp3) is 0.875. The van der Waals surface area contributed by atoms with E-state index in [9.17, 15) is 19.5 Å². The van der Waals surface area contributed by atoms with Gasteiger partial charge < -0.3 is 34.0 Å². The first kappa shape index (κ1) is 30.8. The Morgan fingerprint density at radius 1 is 0.543 bits per heavy atom. The third kappa shape index (κ3) is 12.8. The molecule has 11 nitrogen and oxygen atoms in total. The Hall–Kier alpha value is -2.27. The number of hydrogen-bond acceptors (Lipinski definition) is 8. The molecule has 1 aliphatic heterocycles. The van der Waals surface area contributed by atoms with Crippen LogP contribution in [0.2, 0.25) is 0 Å². The first-order chi connectivity index (χ1) is 15.9. The maximum Gasteiger partial charge on any atom is 0.410 e. The summed E-state index contributed by atoms with van der Waals surface area (Å²) in [6.07, 6.45) is -1.52. The number of ether oxygens (including phenoxy) is 3. The molecule has 0 aromatic heterocycles. The van der Waals surface area contributed by atoms with E-state index in [0.29, 0.717) is 13.1 Å². The van der Waals surface area contributed by atoms with E-state index in [1.807, 2.05) is 0 Å². The predicted octanol–water partition coefficient (Wildman–Crippen LogP) is 2.96. The Bertz CT molecular complexity index is 666. The van der Waals surface area contributed by atoms with Crippen molar-refractivity contribution >= 4 is 18.3 Å². The molecule has 1 saturated heterocycles. The molecule has 3 amide bonds. The summed E-state index contributed by atoms with van der Waals surface area (Å²) in [5, 5.41) is 9.83. The smallest absolute Gasteiger partial charge is 0.410 e. The molecular weight excluding hydrogens is 456 g/mol. The molecular formula is C24H46N4O7. The van der Waals surface area contributed by atoms with Gasteiger partial charge in [-0.1, -0.05) is 0 Å². The maximum atomic E-state index is 12.9. The summed E-state index contributed by atoms with van der Waals surface area (Å²) in [6, 6.07) is 0. The predicted molar refractivity (Wildman–Crippen MR) is 132 cm³/mol. The maximum absolute atomic E-state index is 12.9. The van der Waals surface area contributed by atoms with Crippen LogP contribution in [0, 0.1) is 0 Å². The Morgan fingerprint density at radius 3 is 0.971 bits per heavy atom. The zero-order valence-electron chi connectivity index (χ0n) is 23.0. The third-order valence-corrected chi connectivity index (χ3v) is 4.81. The fourth-order valence-corrected chi connectivity index (χ4v) is 3.12. The molecule has 35 heavy (non-hydrogen) atoms. The molecule has 0 aromatic carbocycles. The standard InChI is InChI=1S/C24H46N4O7/c1-22(2,3)33-19(30)26-12-10-25(18-29)11-13-27(20(31)34-23(4,5)6)15-17-28(16-14-26)21(32)35-24(7,8)9/h29H,10-18H2,1-9H3. The number of rotatable bonds is 1. The molecule has 11 heteroatoms.